The third-order valence-corrected chi connectivity index (χ3v) is 7.08. The molecule has 0 spiro atoms. The van der Waals surface area contributed by atoms with E-state index in [2.05, 4.69) is 5.32 Å². The number of nitrogens with zero attached hydrogens (tertiary/aromatic N) is 1. The van der Waals surface area contributed by atoms with Crippen LogP contribution in [0.1, 0.15) is 44.2 Å². The van der Waals surface area contributed by atoms with E-state index in [-0.39, 0.29) is 23.1 Å². The van der Waals surface area contributed by atoms with Gasteiger partial charge in [0, 0.05) is 13.1 Å². The number of carbonyl (C=O) groups is 1. The highest BCUT2D eigenvalue weighted by Gasteiger charge is 2.30. The molecule has 0 bridgehead atoms. The number of anilines is 1. The molecule has 2 aromatic rings. The highest BCUT2D eigenvalue weighted by atomic mass is 32.2. The third kappa shape index (κ3) is 6.48. The van der Waals surface area contributed by atoms with Crippen LogP contribution in [0.25, 0.3) is 0 Å². The lowest BCUT2D eigenvalue weighted by Crippen LogP contribution is -2.35. The molecule has 1 aliphatic heterocycles. The highest BCUT2D eigenvalue weighted by Crippen LogP contribution is 2.32. The van der Waals surface area contributed by atoms with Gasteiger partial charge in [-0.15, -0.1) is 0 Å². The molecule has 3 rings (SSSR count). The molecule has 0 atom stereocenters. The van der Waals surface area contributed by atoms with Crippen molar-refractivity contribution in [1.29, 1.82) is 0 Å². The second-order valence-electron chi connectivity index (χ2n) is 8.21. The standard InChI is InChI=1S/C23H27F3N2O4S/c1-16(2)32-21-11-10-19(33(30,31)28-12-4-3-5-13-28)15-20(21)27-22(29)14-17-6-8-18(9-7-17)23(24,25)26/h6-11,15-16H,3-5,12-14H2,1-2H3,(H,27,29). The van der Waals surface area contributed by atoms with Crippen molar-refractivity contribution in [2.75, 3.05) is 18.4 Å². The van der Waals surface area contributed by atoms with E-state index in [1.807, 2.05) is 0 Å². The number of ether oxygens (including phenoxy) is 1. The summed E-state index contributed by atoms with van der Waals surface area (Å²) >= 11 is 0. The SMILES string of the molecule is CC(C)Oc1ccc(S(=O)(=O)N2CCCCC2)cc1NC(=O)Cc1ccc(C(F)(F)F)cc1. The van der Waals surface area contributed by atoms with Gasteiger partial charge in [-0.25, -0.2) is 8.42 Å². The summed E-state index contributed by atoms with van der Waals surface area (Å²) in [7, 11) is -3.72. The Labute approximate surface area is 191 Å². The number of amides is 1. The average molecular weight is 485 g/mol. The van der Waals surface area contributed by atoms with Crippen LogP contribution < -0.4 is 10.1 Å². The maximum absolute atomic E-state index is 13.0. The minimum Gasteiger partial charge on any atom is -0.489 e. The summed E-state index contributed by atoms with van der Waals surface area (Å²) in [5.41, 5.74) is -0.211. The second-order valence-corrected chi connectivity index (χ2v) is 10.1. The van der Waals surface area contributed by atoms with Gasteiger partial charge in [-0.3, -0.25) is 4.79 Å². The van der Waals surface area contributed by atoms with Gasteiger partial charge in [0.1, 0.15) is 5.75 Å². The van der Waals surface area contributed by atoms with E-state index in [1.54, 1.807) is 13.8 Å². The number of carbonyl (C=O) groups excluding carboxylic acids is 1. The zero-order chi connectivity index (χ0) is 24.2. The van der Waals surface area contributed by atoms with Gasteiger partial charge < -0.3 is 10.1 Å². The summed E-state index contributed by atoms with van der Waals surface area (Å²) in [6.45, 7) is 4.49. The van der Waals surface area contributed by atoms with Gasteiger partial charge in [-0.05, 0) is 62.6 Å². The molecule has 180 valence electrons. The number of alkyl halides is 3. The van der Waals surface area contributed by atoms with E-state index in [0.29, 0.717) is 24.4 Å². The first-order valence-electron chi connectivity index (χ1n) is 10.7. The number of nitrogens with one attached hydrogen (secondary N) is 1. The fourth-order valence-corrected chi connectivity index (χ4v) is 5.11. The number of halogens is 3. The quantitative estimate of drug-likeness (QED) is 0.610. The van der Waals surface area contributed by atoms with Crippen molar-refractivity contribution in [3.8, 4) is 5.75 Å². The van der Waals surface area contributed by atoms with Crippen molar-refractivity contribution in [2.45, 2.75) is 56.7 Å². The number of piperidine rings is 1. The maximum atomic E-state index is 13.0. The summed E-state index contributed by atoms with van der Waals surface area (Å²) in [6, 6.07) is 8.64. The van der Waals surface area contributed by atoms with E-state index in [1.165, 1.54) is 34.6 Å². The van der Waals surface area contributed by atoms with Crippen molar-refractivity contribution >= 4 is 21.6 Å². The second kappa shape index (κ2) is 10.1. The summed E-state index contributed by atoms with van der Waals surface area (Å²) in [6.07, 6.45) is -2.28. The van der Waals surface area contributed by atoms with Crippen molar-refractivity contribution in [3.05, 3.63) is 53.6 Å². The molecule has 1 N–H and O–H groups in total. The first-order chi connectivity index (χ1) is 15.5. The molecule has 10 heteroatoms. The van der Waals surface area contributed by atoms with Gasteiger partial charge in [0.2, 0.25) is 15.9 Å². The van der Waals surface area contributed by atoms with Gasteiger partial charge in [0.05, 0.1) is 28.7 Å². The average Bonchev–Trinajstić information content (AvgIpc) is 2.75. The summed E-state index contributed by atoms with van der Waals surface area (Å²) in [5, 5.41) is 2.66. The van der Waals surface area contributed by atoms with Crippen LogP contribution in [0.3, 0.4) is 0 Å². The molecule has 1 saturated heterocycles. The monoisotopic (exact) mass is 484 g/mol. The molecule has 33 heavy (non-hydrogen) atoms. The first kappa shape index (κ1) is 25.0. The predicted molar refractivity (Wildman–Crippen MR) is 119 cm³/mol. The van der Waals surface area contributed by atoms with Crippen LogP contribution in [0.4, 0.5) is 18.9 Å². The van der Waals surface area contributed by atoms with E-state index >= 15 is 0 Å². The molecule has 0 radical (unpaired) electrons. The molecule has 6 nitrogen and oxygen atoms in total. The smallest absolute Gasteiger partial charge is 0.416 e. The van der Waals surface area contributed by atoms with Gasteiger partial charge in [-0.2, -0.15) is 17.5 Å². The van der Waals surface area contributed by atoms with E-state index in [4.69, 9.17) is 4.74 Å². The molecule has 1 fully saturated rings. The fourth-order valence-electron chi connectivity index (χ4n) is 3.57. The zero-order valence-corrected chi connectivity index (χ0v) is 19.3. The molecular formula is C23H27F3N2O4S. The predicted octanol–water partition coefficient (Wildman–Crippen LogP) is 4.85. The van der Waals surface area contributed by atoms with E-state index < -0.39 is 27.7 Å². The number of benzene rings is 2. The van der Waals surface area contributed by atoms with Crippen molar-refractivity contribution in [1.82, 2.24) is 4.31 Å². The molecule has 2 aromatic carbocycles. The van der Waals surface area contributed by atoms with Crippen LogP contribution in [0, 0.1) is 0 Å². The minimum atomic E-state index is -4.45. The summed E-state index contributed by atoms with van der Waals surface area (Å²) in [4.78, 5) is 12.7. The molecule has 1 amide bonds. The number of rotatable bonds is 7. The first-order valence-corrected chi connectivity index (χ1v) is 12.2. The van der Waals surface area contributed by atoms with Gasteiger partial charge >= 0.3 is 6.18 Å². The normalized spacial score (nSPS) is 15.5. The lowest BCUT2D eigenvalue weighted by molar-refractivity contribution is -0.137. The summed E-state index contributed by atoms with van der Waals surface area (Å²) in [5.74, 6) is -0.195. The number of sulfonamides is 1. The van der Waals surface area contributed by atoms with Crippen LogP contribution >= 0.6 is 0 Å². The topological polar surface area (TPSA) is 75.7 Å². The van der Waals surface area contributed by atoms with Crippen molar-refractivity contribution in [2.24, 2.45) is 0 Å². The molecule has 0 aliphatic carbocycles. The fraction of sp³-hybridized carbons (Fsp3) is 0.435. The Morgan fingerprint density at radius 1 is 1.06 bits per heavy atom. The Morgan fingerprint density at radius 2 is 1.70 bits per heavy atom. The van der Waals surface area contributed by atoms with Gasteiger partial charge in [0.25, 0.3) is 0 Å². The molecule has 0 aromatic heterocycles. The Balaban J connectivity index is 1.82. The number of hydrogen-bond acceptors (Lipinski definition) is 4. The van der Waals surface area contributed by atoms with Gasteiger partial charge in [0.15, 0.2) is 0 Å². The molecule has 1 aliphatic rings. The molecular weight excluding hydrogens is 457 g/mol. The molecule has 0 saturated carbocycles. The van der Waals surface area contributed by atoms with Gasteiger partial charge in [-0.1, -0.05) is 18.6 Å². The van der Waals surface area contributed by atoms with Crippen LogP contribution in [0.5, 0.6) is 5.75 Å². The minimum absolute atomic E-state index is 0.0466. The Hall–Kier alpha value is -2.59. The van der Waals surface area contributed by atoms with Crippen molar-refractivity contribution in [3.63, 3.8) is 0 Å². The largest absolute Gasteiger partial charge is 0.489 e. The van der Waals surface area contributed by atoms with Crippen molar-refractivity contribution < 1.29 is 31.1 Å². The van der Waals surface area contributed by atoms with Crippen LogP contribution in [0.2, 0.25) is 0 Å². The van der Waals surface area contributed by atoms with E-state index in [0.717, 1.165) is 31.4 Å². The van der Waals surface area contributed by atoms with Crippen LogP contribution in [-0.2, 0) is 27.4 Å². The molecule has 1 heterocycles. The number of hydrogen-bond donors (Lipinski definition) is 1. The Bertz CT molecular complexity index is 1080. The maximum Gasteiger partial charge on any atom is 0.416 e. The summed E-state index contributed by atoms with van der Waals surface area (Å²) < 4.78 is 71.5. The Kier molecular flexibility index (Phi) is 7.69. The third-order valence-electron chi connectivity index (χ3n) is 5.19. The Morgan fingerprint density at radius 3 is 2.27 bits per heavy atom. The lowest BCUT2D eigenvalue weighted by atomic mass is 10.1. The lowest BCUT2D eigenvalue weighted by Gasteiger charge is -2.26. The van der Waals surface area contributed by atoms with Crippen LogP contribution in [-0.4, -0.2) is 37.8 Å². The molecule has 0 unspecified atom stereocenters. The zero-order valence-electron chi connectivity index (χ0n) is 18.5. The van der Waals surface area contributed by atoms with Crippen LogP contribution in [0.15, 0.2) is 47.4 Å². The highest BCUT2D eigenvalue weighted by molar-refractivity contribution is 7.89. The van der Waals surface area contributed by atoms with E-state index in [9.17, 15) is 26.4 Å².